The van der Waals surface area contributed by atoms with Crippen LogP contribution in [0.5, 0.6) is 0 Å². The first kappa shape index (κ1) is 10.7. The van der Waals surface area contributed by atoms with Gasteiger partial charge < -0.3 is 15.2 Å². The van der Waals surface area contributed by atoms with Crippen molar-refractivity contribution in [3.05, 3.63) is 12.1 Å². The zero-order chi connectivity index (χ0) is 8.69. The van der Waals surface area contributed by atoms with Gasteiger partial charge in [0.1, 0.15) is 0 Å². The van der Waals surface area contributed by atoms with Gasteiger partial charge in [-0.3, -0.25) is 0 Å². The van der Waals surface area contributed by atoms with Crippen molar-refractivity contribution >= 4 is 7.12 Å². The highest BCUT2D eigenvalue weighted by Gasteiger charge is 1.97. The molecule has 0 heterocycles. The van der Waals surface area contributed by atoms with E-state index < -0.39 is 7.12 Å². The lowest BCUT2D eigenvalue weighted by Gasteiger charge is -1.99. The van der Waals surface area contributed by atoms with E-state index in [-0.39, 0.29) is 6.10 Å². The molecule has 0 rings (SSSR count). The summed E-state index contributed by atoms with van der Waals surface area (Å²) in [5.41, 5.74) is 0. The van der Waals surface area contributed by atoms with Crippen molar-refractivity contribution in [1.29, 1.82) is 0 Å². The van der Waals surface area contributed by atoms with Gasteiger partial charge in [-0.2, -0.15) is 0 Å². The molecule has 64 valence electrons. The van der Waals surface area contributed by atoms with Crippen LogP contribution in [-0.2, 0) is 0 Å². The Hall–Kier alpha value is -0.315. The van der Waals surface area contributed by atoms with Crippen LogP contribution in [0.1, 0.15) is 26.2 Å². The summed E-state index contributed by atoms with van der Waals surface area (Å²) in [6.45, 7) is 1.74. The van der Waals surface area contributed by atoms with Crippen LogP contribution in [-0.4, -0.2) is 28.4 Å². The molecule has 4 heteroatoms. The number of hydrogen-bond donors (Lipinski definition) is 3. The van der Waals surface area contributed by atoms with E-state index in [1.807, 2.05) is 0 Å². The fourth-order valence-corrected chi connectivity index (χ4v) is 0.749. The summed E-state index contributed by atoms with van der Waals surface area (Å²) in [6.07, 6.45) is 3.85. The summed E-state index contributed by atoms with van der Waals surface area (Å²) in [5, 5.41) is 25.6. The van der Waals surface area contributed by atoms with Crippen molar-refractivity contribution in [2.75, 3.05) is 0 Å². The lowest BCUT2D eigenvalue weighted by atomic mass is 9.91. The second kappa shape index (κ2) is 6.40. The predicted molar refractivity (Wildman–Crippen MR) is 44.9 cm³/mol. The first-order valence-electron chi connectivity index (χ1n) is 3.84. The molecule has 0 saturated carbocycles. The molecule has 0 saturated heterocycles. The van der Waals surface area contributed by atoms with Crippen LogP contribution < -0.4 is 0 Å². The van der Waals surface area contributed by atoms with Crippen LogP contribution in [0, 0.1) is 0 Å². The van der Waals surface area contributed by atoms with Crippen LogP contribution in [0.2, 0.25) is 0 Å². The molecular formula is C7H15BO3. The van der Waals surface area contributed by atoms with Crippen LogP contribution in [0.4, 0.5) is 0 Å². The Kier molecular flexibility index (Phi) is 6.22. The Morgan fingerprint density at radius 3 is 2.55 bits per heavy atom. The van der Waals surface area contributed by atoms with E-state index in [1.54, 1.807) is 13.0 Å². The van der Waals surface area contributed by atoms with Crippen LogP contribution in [0.25, 0.3) is 0 Å². The van der Waals surface area contributed by atoms with Crippen molar-refractivity contribution in [1.82, 2.24) is 0 Å². The minimum absolute atomic E-state index is 0.262. The Labute approximate surface area is 67.5 Å². The maximum atomic E-state index is 8.84. The first-order valence-corrected chi connectivity index (χ1v) is 3.84. The molecule has 1 unspecified atom stereocenters. The molecular weight excluding hydrogens is 143 g/mol. The molecule has 0 aliphatic heterocycles. The molecule has 0 aromatic carbocycles. The molecule has 0 bridgehead atoms. The van der Waals surface area contributed by atoms with Crippen molar-refractivity contribution in [2.24, 2.45) is 0 Å². The van der Waals surface area contributed by atoms with E-state index in [0.29, 0.717) is 0 Å². The van der Waals surface area contributed by atoms with E-state index in [0.717, 1.165) is 19.3 Å². The first-order chi connectivity index (χ1) is 5.13. The van der Waals surface area contributed by atoms with Crippen molar-refractivity contribution in [3.63, 3.8) is 0 Å². The highest BCUT2D eigenvalue weighted by atomic mass is 16.4. The number of hydrogen-bond acceptors (Lipinski definition) is 3. The molecule has 3 N–H and O–H groups in total. The number of rotatable bonds is 5. The minimum Gasteiger partial charge on any atom is -0.424 e. The molecule has 0 aromatic rings. The average molecular weight is 158 g/mol. The number of aliphatic hydroxyl groups is 1. The normalized spacial score (nSPS) is 13.8. The molecule has 0 spiro atoms. The maximum absolute atomic E-state index is 8.84. The Balaban J connectivity index is 3.14. The van der Waals surface area contributed by atoms with Gasteiger partial charge in [0.15, 0.2) is 0 Å². The van der Waals surface area contributed by atoms with Gasteiger partial charge in [0.05, 0.1) is 6.10 Å². The van der Waals surface area contributed by atoms with Crippen LogP contribution in [0.15, 0.2) is 12.1 Å². The van der Waals surface area contributed by atoms with Gasteiger partial charge in [-0.15, -0.1) is 0 Å². The highest BCUT2D eigenvalue weighted by molar-refractivity contribution is 6.47. The van der Waals surface area contributed by atoms with Crippen molar-refractivity contribution in [3.8, 4) is 0 Å². The summed E-state index contributed by atoms with van der Waals surface area (Å²) >= 11 is 0. The van der Waals surface area contributed by atoms with Gasteiger partial charge in [0, 0.05) is 0 Å². The molecule has 0 aliphatic carbocycles. The zero-order valence-electron chi connectivity index (χ0n) is 6.77. The third-order valence-electron chi connectivity index (χ3n) is 1.30. The zero-order valence-corrected chi connectivity index (χ0v) is 6.77. The topological polar surface area (TPSA) is 60.7 Å². The molecule has 0 amide bonds. The molecule has 11 heavy (non-hydrogen) atoms. The average Bonchev–Trinajstić information content (AvgIpc) is 1.85. The van der Waals surface area contributed by atoms with E-state index in [2.05, 4.69) is 0 Å². The Morgan fingerprint density at radius 2 is 2.09 bits per heavy atom. The lowest BCUT2D eigenvalue weighted by Crippen LogP contribution is -2.05. The lowest BCUT2D eigenvalue weighted by molar-refractivity contribution is 0.182. The van der Waals surface area contributed by atoms with Crippen LogP contribution in [0.3, 0.4) is 0 Å². The Morgan fingerprint density at radius 1 is 1.45 bits per heavy atom. The number of allylic oxidation sites excluding steroid dienone is 1. The minimum atomic E-state index is -1.35. The third kappa shape index (κ3) is 9.68. The molecule has 1 atom stereocenters. The highest BCUT2D eigenvalue weighted by Crippen LogP contribution is 2.00. The van der Waals surface area contributed by atoms with Gasteiger partial charge >= 0.3 is 7.12 Å². The summed E-state index contributed by atoms with van der Waals surface area (Å²) in [6, 6.07) is 0. The summed E-state index contributed by atoms with van der Waals surface area (Å²) in [7, 11) is -1.35. The molecule has 3 nitrogen and oxygen atoms in total. The molecule has 0 aromatic heterocycles. The third-order valence-corrected chi connectivity index (χ3v) is 1.30. The van der Waals surface area contributed by atoms with Crippen molar-refractivity contribution in [2.45, 2.75) is 32.3 Å². The standard InChI is InChI=1S/C7H15BO3/c1-7(9)5-3-2-4-6-8(10)11/h4,6-7,9-11H,2-3,5H2,1H3. The molecule has 0 aliphatic rings. The number of aliphatic hydroxyl groups excluding tert-OH is 1. The second-order valence-corrected chi connectivity index (χ2v) is 2.62. The molecule has 0 radical (unpaired) electrons. The largest absolute Gasteiger partial charge is 0.480 e. The second-order valence-electron chi connectivity index (χ2n) is 2.62. The van der Waals surface area contributed by atoms with E-state index >= 15 is 0 Å². The van der Waals surface area contributed by atoms with Gasteiger partial charge in [0.2, 0.25) is 0 Å². The predicted octanol–water partition coefficient (Wildman–Crippen LogP) is 0.106. The maximum Gasteiger partial charge on any atom is 0.480 e. The summed E-state index contributed by atoms with van der Waals surface area (Å²) in [4.78, 5) is 0. The Bertz CT molecular complexity index is 112. The smallest absolute Gasteiger partial charge is 0.424 e. The van der Waals surface area contributed by atoms with Crippen molar-refractivity contribution < 1.29 is 15.2 Å². The van der Waals surface area contributed by atoms with E-state index in [9.17, 15) is 0 Å². The SMILES string of the molecule is CC(O)CCCC=CB(O)O. The molecule has 0 fully saturated rings. The van der Waals surface area contributed by atoms with E-state index in [4.69, 9.17) is 15.2 Å². The van der Waals surface area contributed by atoms with Gasteiger partial charge in [-0.05, 0) is 26.2 Å². The van der Waals surface area contributed by atoms with Gasteiger partial charge in [0.25, 0.3) is 0 Å². The summed E-state index contributed by atoms with van der Waals surface area (Å²) < 4.78 is 0. The summed E-state index contributed by atoms with van der Waals surface area (Å²) in [5.74, 6) is 1.32. The quantitative estimate of drug-likeness (QED) is 0.393. The number of unbranched alkanes of at least 4 members (excludes halogenated alkanes) is 1. The van der Waals surface area contributed by atoms with Gasteiger partial charge in [-0.1, -0.05) is 12.1 Å². The fourth-order valence-electron chi connectivity index (χ4n) is 0.749. The van der Waals surface area contributed by atoms with Gasteiger partial charge in [-0.25, -0.2) is 0 Å². The van der Waals surface area contributed by atoms with Crippen LogP contribution >= 0.6 is 0 Å². The fraction of sp³-hybridized carbons (Fsp3) is 0.714. The monoisotopic (exact) mass is 158 g/mol. The van der Waals surface area contributed by atoms with E-state index in [1.165, 1.54) is 5.98 Å².